The summed E-state index contributed by atoms with van der Waals surface area (Å²) in [7, 11) is 0. The normalized spacial score (nSPS) is 29.2. The third kappa shape index (κ3) is 5.53. The van der Waals surface area contributed by atoms with E-state index < -0.39 is 0 Å². The number of hydrogen-bond acceptors (Lipinski definition) is 2. The van der Waals surface area contributed by atoms with Crippen molar-refractivity contribution in [2.45, 2.75) is 51.9 Å². The molecular weight excluding hydrogens is 184 g/mol. The average molecular weight is 212 g/mol. The van der Waals surface area contributed by atoms with E-state index in [0.29, 0.717) is 0 Å². The highest BCUT2D eigenvalue weighted by molar-refractivity contribution is 4.71. The lowest BCUT2D eigenvalue weighted by atomic mass is 9.89. The first-order valence-corrected chi connectivity index (χ1v) is 6.77. The number of nitrogens with one attached hydrogen (secondary N) is 1. The van der Waals surface area contributed by atoms with Gasteiger partial charge in [-0.25, -0.2) is 0 Å². The van der Waals surface area contributed by atoms with Crippen LogP contribution in [0.1, 0.15) is 51.9 Å². The van der Waals surface area contributed by atoms with Gasteiger partial charge >= 0.3 is 0 Å². The molecule has 0 aliphatic heterocycles. The second kappa shape index (κ2) is 8.12. The Morgan fingerprint density at radius 1 is 1.07 bits per heavy atom. The predicted molar refractivity (Wildman–Crippen MR) is 66.9 cm³/mol. The summed E-state index contributed by atoms with van der Waals surface area (Å²) in [4.78, 5) is 0. The van der Waals surface area contributed by atoms with Crippen molar-refractivity contribution in [1.29, 1.82) is 0 Å². The van der Waals surface area contributed by atoms with Crippen molar-refractivity contribution in [2.24, 2.45) is 17.6 Å². The van der Waals surface area contributed by atoms with Crippen LogP contribution in [0.3, 0.4) is 0 Å². The second-order valence-corrected chi connectivity index (χ2v) is 5.00. The Morgan fingerprint density at radius 2 is 1.73 bits per heavy atom. The van der Waals surface area contributed by atoms with Gasteiger partial charge in [0.15, 0.2) is 0 Å². The molecule has 0 aromatic carbocycles. The van der Waals surface area contributed by atoms with Crippen molar-refractivity contribution < 1.29 is 0 Å². The van der Waals surface area contributed by atoms with Gasteiger partial charge in [-0.3, -0.25) is 0 Å². The highest BCUT2D eigenvalue weighted by Gasteiger charge is 2.16. The van der Waals surface area contributed by atoms with E-state index in [1.54, 1.807) is 0 Å². The van der Waals surface area contributed by atoms with Gasteiger partial charge in [0.2, 0.25) is 0 Å². The molecule has 0 radical (unpaired) electrons. The molecule has 0 spiro atoms. The third-order valence-electron chi connectivity index (χ3n) is 3.66. The summed E-state index contributed by atoms with van der Waals surface area (Å²) in [6, 6.07) is 0. The standard InChI is InChI=1S/C13H28N2/c1-2-15-11-13-8-6-4-3-5-7-12(9-13)10-14/h12-13,15H,2-11,14H2,1H3. The second-order valence-electron chi connectivity index (χ2n) is 5.00. The number of hydrogen-bond donors (Lipinski definition) is 2. The van der Waals surface area contributed by atoms with E-state index in [9.17, 15) is 0 Å². The highest BCUT2D eigenvalue weighted by Crippen LogP contribution is 2.25. The van der Waals surface area contributed by atoms with E-state index in [1.165, 1.54) is 51.5 Å². The fraction of sp³-hybridized carbons (Fsp3) is 1.00. The fourth-order valence-electron chi connectivity index (χ4n) is 2.67. The minimum absolute atomic E-state index is 0.784. The topological polar surface area (TPSA) is 38.0 Å². The van der Waals surface area contributed by atoms with E-state index in [0.717, 1.165) is 24.9 Å². The summed E-state index contributed by atoms with van der Waals surface area (Å²) in [5.41, 5.74) is 5.85. The summed E-state index contributed by atoms with van der Waals surface area (Å²) in [6.07, 6.45) is 9.79. The highest BCUT2D eigenvalue weighted by atomic mass is 14.8. The van der Waals surface area contributed by atoms with Crippen molar-refractivity contribution in [2.75, 3.05) is 19.6 Å². The van der Waals surface area contributed by atoms with Crippen LogP contribution >= 0.6 is 0 Å². The van der Waals surface area contributed by atoms with Gasteiger partial charge in [-0.15, -0.1) is 0 Å². The van der Waals surface area contributed by atoms with E-state index in [1.807, 2.05) is 0 Å². The summed E-state index contributed by atoms with van der Waals surface area (Å²) >= 11 is 0. The van der Waals surface area contributed by atoms with Crippen LogP contribution in [0.5, 0.6) is 0 Å². The van der Waals surface area contributed by atoms with E-state index >= 15 is 0 Å². The van der Waals surface area contributed by atoms with Gasteiger partial charge in [-0.2, -0.15) is 0 Å². The van der Waals surface area contributed by atoms with Crippen molar-refractivity contribution in [3.8, 4) is 0 Å². The van der Waals surface area contributed by atoms with Crippen LogP contribution < -0.4 is 11.1 Å². The Morgan fingerprint density at radius 3 is 2.33 bits per heavy atom. The summed E-state index contributed by atoms with van der Waals surface area (Å²) in [5.74, 6) is 1.66. The fourth-order valence-corrected chi connectivity index (χ4v) is 2.67. The molecule has 2 unspecified atom stereocenters. The Labute approximate surface area is 95.0 Å². The summed E-state index contributed by atoms with van der Waals surface area (Å²) in [6.45, 7) is 5.38. The first-order chi connectivity index (χ1) is 7.36. The van der Waals surface area contributed by atoms with Crippen LogP contribution in [0, 0.1) is 11.8 Å². The maximum absolute atomic E-state index is 5.85. The molecule has 1 aliphatic rings. The molecule has 0 aromatic heterocycles. The van der Waals surface area contributed by atoms with Gasteiger partial charge in [-0.05, 0) is 50.7 Å². The average Bonchev–Trinajstić information content (AvgIpc) is 2.37. The monoisotopic (exact) mass is 212 g/mol. The van der Waals surface area contributed by atoms with Gasteiger partial charge < -0.3 is 11.1 Å². The Bertz CT molecular complexity index is 147. The molecule has 0 bridgehead atoms. The van der Waals surface area contributed by atoms with Crippen molar-refractivity contribution in [1.82, 2.24) is 5.32 Å². The predicted octanol–water partition coefficient (Wildman–Crippen LogP) is 2.53. The number of rotatable bonds is 4. The van der Waals surface area contributed by atoms with Crippen molar-refractivity contribution >= 4 is 0 Å². The van der Waals surface area contributed by atoms with E-state index in [-0.39, 0.29) is 0 Å². The van der Waals surface area contributed by atoms with Gasteiger partial charge in [-0.1, -0.05) is 32.6 Å². The molecule has 2 nitrogen and oxygen atoms in total. The first-order valence-electron chi connectivity index (χ1n) is 6.77. The van der Waals surface area contributed by atoms with Gasteiger partial charge in [0, 0.05) is 0 Å². The lowest BCUT2D eigenvalue weighted by Crippen LogP contribution is -2.26. The SMILES string of the molecule is CCNCC1CCCCCCC(CN)C1. The molecule has 1 aliphatic carbocycles. The van der Waals surface area contributed by atoms with Crippen molar-refractivity contribution in [3.63, 3.8) is 0 Å². The Kier molecular flexibility index (Phi) is 7.03. The van der Waals surface area contributed by atoms with Gasteiger partial charge in [0.1, 0.15) is 0 Å². The molecule has 0 amide bonds. The maximum Gasteiger partial charge on any atom is -0.00205 e. The summed E-state index contributed by atoms with van der Waals surface area (Å²) in [5, 5.41) is 3.49. The quantitative estimate of drug-likeness (QED) is 0.751. The van der Waals surface area contributed by atoms with Crippen LogP contribution in [0.25, 0.3) is 0 Å². The van der Waals surface area contributed by atoms with E-state index in [4.69, 9.17) is 5.73 Å². The molecule has 15 heavy (non-hydrogen) atoms. The van der Waals surface area contributed by atoms with Crippen LogP contribution in [-0.4, -0.2) is 19.6 Å². The zero-order valence-electron chi connectivity index (χ0n) is 10.3. The van der Waals surface area contributed by atoms with Crippen LogP contribution in [-0.2, 0) is 0 Å². The number of nitrogens with two attached hydrogens (primary N) is 1. The van der Waals surface area contributed by atoms with Crippen LogP contribution in [0.15, 0.2) is 0 Å². The van der Waals surface area contributed by atoms with Gasteiger partial charge in [0.05, 0.1) is 0 Å². The minimum atomic E-state index is 0.784. The molecule has 1 rings (SSSR count). The maximum atomic E-state index is 5.85. The lowest BCUT2D eigenvalue weighted by molar-refractivity contribution is 0.334. The van der Waals surface area contributed by atoms with E-state index in [2.05, 4.69) is 12.2 Å². The molecule has 2 heteroatoms. The lowest BCUT2D eigenvalue weighted by Gasteiger charge is -2.21. The van der Waals surface area contributed by atoms with Crippen LogP contribution in [0.2, 0.25) is 0 Å². The molecular formula is C13H28N2. The largest absolute Gasteiger partial charge is 0.330 e. The zero-order chi connectivity index (χ0) is 10.9. The minimum Gasteiger partial charge on any atom is -0.330 e. The Balaban J connectivity index is 2.35. The molecule has 3 N–H and O–H groups in total. The zero-order valence-corrected chi connectivity index (χ0v) is 10.3. The molecule has 0 saturated heterocycles. The summed E-state index contributed by atoms with van der Waals surface area (Å²) < 4.78 is 0. The molecule has 0 aromatic rings. The smallest absolute Gasteiger partial charge is 0.00205 e. The molecule has 2 atom stereocenters. The first kappa shape index (κ1) is 13.0. The third-order valence-corrected chi connectivity index (χ3v) is 3.66. The molecule has 0 heterocycles. The molecule has 90 valence electrons. The van der Waals surface area contributed by atoms with Crippen molar-refractivity contribution in [3.05, 3.63) is 0 Å². The molecule has 1 fully saturated rings. The Hall–Kier alpha value is -0.0800. The van der Waals surface area contributed by atoms with Gasteiger partial charge in [0.25, 0.3) is 0 Å². The molecule has 1 saturated carbocycles. The van der Waals surface area contributed by atoms with Crippen LogP contribution in [0.4, 0.5) is 0 Å².